The lowest BCUT2D eigenvalue weighted by Crippen LogP contribution is -2.28. The molecule has 0 atom stereocenters. The van der Waals surface area contributed by atoms with Gasteiger partial charge in [0.25, 0.3) is 0 Å². The fraction of sp³-hybridized carbons (Fsp3) is 0.385. The lowest BCUT2D eigenvalue weighted by atomic mass is 10.3. The van der Waals surface area contributed by atoms with E-state index in [1.165, 1.54) is 0 Å². The van der Waals surface area contributed by atoms with E-state index in [1.54, 1.807) is 23.1 Å². The fourth-order valence-corrected chi connectivity index (χ4v) is 2.58. The Bertz CT molecular complexity index is 737. The van der Waals surface area contributed by atoms with Crippen molar-refractivity contribution in [1.82, 2.24) is 35.1 Å². The second-order valence-corrected chi connectivity index (χ2v) is 5.04. The van der Waals surface area contributed by atoms with Crippen molar-refractivity contribution in [3.05, 3.63) is 24.8 Å². The Morgan fingerprint density at radius 1 is 1.14 bits per heavy atom. The predicted octanol–water partition coefficient (Wildman–Crippen LogP) is 0.314. The van der Waals surface area contributed by atoms with Crippen LogP contribution < -0.4 is 10.2 Å². The van der Waals surface area contributed by atoms with Crippen molar-refractivity contribution in [1.29, 1.82) is 0 Å². The normalized spacial score (nSPS) is 16.3. The molecule has 0 radical (unpaired) electrons. The number of fused-ring (bicyclic) bond motifs is 1. The highest BCUT2D eigenvalue weighted by Gasteiger charge is 2.16. The Kier molecular flexibility index (Phi) is 3.00. The molecule has 3 aromatic heterocycles. The minimum Gasteiger partial charge on any atom is -0.338 e. The zero-order valence-corrected chi connectivity index (χ0v) is 11.5. The zero-order valence-electron chi connectivity index (χ0n) is 11.5. The minimum absolute atomic E-state index is 0.727. The molecule has 3 aromatic rings. The smallest absolute Gasteiger partial charge is 0.245 e. The van der Waals surface area contributed by atoms with Crippen molar-refractivity contribution in [2.75, 3.05) is 31.1 Å². The Morgan fingerprint density at radius 2 is 2.14 bits per heavy atom. The van der Waals surface area contributed by atoms with Gasteiger partial charge in [-0.3, -0.25) is 10.1 Å². The van der Waals surface area contributed by atoms with Gasteiger partial charge in [0.05, 0.1) is 23.5 Å². The first-order valence-electron chi connectivity index (χ1n) is 7.07. The molecule has 8 heteroatoms. The highest BCUT2D eigenvalue weighted by atomic mass is 15.4. The maximum atomic E-state index is 4.62. The maximum Gasteiger partial charge on any atom is 0.245 e. The molecule has 21 heavy (non-hydrogen) atoms. The Balaban J connectivity index is 1.67. The van der Waals surface area contributed by atoms with E-state index < -0.39 is 0 Å². The average molecular weight is 284 g/mol. The van der Waals surface area contributed by atoms with Crippen LogP contribution in [0, 0.1) is 0 Å². The van der Waals surface area contributed by atoms with Crippen LogP contribution in [0.5, 0.6) is 0 Å². The number of rotatable bonds is 2. The molecule has 0 aromatic carbocycles. The first kappa shape index (κ1) is 12.3. The van der Waals surface area contributed by atoms with Crippen LogP contribution in [0.25, 0.3) is 16.9 Å². The molecule has 1 saturated heterocycles. The number of hydrogen-bond acceptors (Lipinski definition) is 6. The van der Waals surface area contributed by atoms with Gasteiger partial charge in [-0.05, 0) is 13.0 Å². The van der Waals surface area contributed by atoms with Crippen LogP contribution >= 0.6 is 0 Å². The van der Waals surface area contributed by atoms with E-state index >= 15 is 0 Å². The van der Waals surface area contributed by atoms with Crippen molar-refractivity contribution >= 4 is 11.5 Å². The van der Waals surface area contributed by atoms with Gasteiger partial charge in [0, 0.05) is 32.0 Å². The van der Waals surface area contributed by atoms with E-state index in [1.807, 2.05) is 6.20 Å². The SMILES string of the molecule is c1cn2ncc(-c3nc(N4CCCNCC4)n[nH]3)c2cn1. The summed E-state index contributed by atoms with van der Waals surface area (Å²) in [5, 5.41) is 15.0. The lowest BCUT2D eigenvalue weighted by molar-refractivity contribution is 0.724. The van der Waals surface area contributed by atoms with Crippen LogP contribution in [0.1, 0.15) is 6.42 Å². The maximum absolute atomic E-state index is 4.62. The van der Waals surface area contributed by atoms with Crippen molar-refractivity contribution in [2.24, 2.45) is 0 Å². The van der Waals surface area contributed by atoms with Gasteiger partial charge in [-0.2, -0.15) is 10.1 Å². The number of hydrogen-bond donors (Lipinski definition) is 2. The second-order valence-electron chi connectivity index (χ2n) is 5.04. The van der Waals surface area contributed by atoms with E-state index in [2.05, 4.69) is 35.5 Å². The van der Waals surface area contributed by atoms with Gasteiger partial charge in [-0.15, -0.1) is 5.10 Å². The molecule has 0 amide bonds. The zero-order chi connectivity index (χ0) is 14.1. The molecule has 108 valence electrons. The molecule has 4 rings (SSSR count). The molecule has 8 nitrogen and oxygen atoms in total. The lowest BCUT2D eigenvalue weighted by Gasteiger charge is -2.16. The van der Waals surface area contributed by atoms with Gasteiger partial charge in [0.15, 0.2) is 5.82 Å². The molecule has 0 aliphatic carbocycles. The summed E-state index contributed by atoms with van der Waals surface area (Å²) in [5.41, 5.74) is 1.83. The summed E-state index contributed by atoms with van der Waals surface area (Å²) in [6.45, 7) is 3.91. The number of nitrogens with zero attached hydrogens (tertiary/aromatic N) is 6. The summed E-state index contributed by atoms with van der Waals surface area (Å²) in [6, 6.07) is 0. The van der Waals surface area contributed by atoms with Crippen LogP contribution in [0.15, 0.2) is 24.8 Å². The predicted molar refractivity (Wildman–Crippen MR) is 78.1 cm³/mol. The van der Waals surface area contributed by atoms with E-state index in [0.29, 0.717) is 0 Å². The summed E-state index contributed by atoms with van der Waals surface area (Å²) >= 11 is 0. The Hall–Kier alpha value is -2.48. The van der Waals surface area contributed by atoms with Gasteiger partial charge in [-0.1, -0.05) is 0 Å². The number of aromatic amines is 1. The van der Waals surface area contributed by atoms with Gasteiger partial charge in [0.1, 0.15) is 0 Å². The van der Waals surface area contributed by atoms with Crippen LogP contribution in [0.4, 0.5) is 5.95 Å². The Morgan fingerprint density at radius 3 is 3.14 bits per heavy atom. The molecule has 1 aliphatic rings. The average Bonchev–Trinajstić information content (AvgIpc) is 3.07. The monoisotopic (exact) mass is 284 g/mol. The third kappa shape index (κ3) is 2.23. The van der Waals surface area contributed by atoms with E-state index in [9.17, 15) is 0 Å². The highest BCUT2D eigenvalue weighted by molar-refractivity contribution is 5.75. The molecule has 0 spiro atoms. The van der Waals surface area contributed by atoms with Gasteiger partial charge in [-0.25, -0.2) is 4.52 Å². The van der Waals surface area contributed by atoms with Crippen molar-refractivity contribution < 1.29 is 0 Å². The largest absolute Gasteiger partial charge is 0.338 e. The Labute approximate surface area is 121 Å². The number of nitrogens with one attached hydrogen (secondary N) is 2. The summed E-state index contributed by atoms with van der Waals surface area (Å²) in [5.74, 6) is 1.47. The van der Waals surface area contributed by atoms with E-state index in [0.717, 1.165) is 55.5 Å². The van der Waals surface area contributed by atoms with Crippen LogP contribution in [0.2, 0.25) is 0 Å². The third-order valence-corrected chi connectivity index (χ3v) is 3.68. The first-order chi connectivity index (χ1) is 10.4. The highest BCUT2D eigenvalue weighted by Crippen LogP contribution is 2.22. The number of H-pyrrole nitrogens is 1. The summed E-state index contributed by atoms with van der Waals surface area (Å²) in [7, 11) is 0. The number of aromatic nitrogens is 6. The topological polar surface area (TPSA) is 87.0 Å². The second kappa shape index (κ2) is 5.13. The molecule has 1 fully saturated rings. The van der Waals surface area contributed by atoms with Gasteiger partial charge < -0.3 is 10.2 Å². The molecule has 1 aliphatic heterocycles. The number of anilines is 1. The van der Waals surface area contributed by atoms with Crippen LogP contribution in [0.3, 0.4) is 0 Å². The van der Waals surface area contributed by atoms with E-state index in [4.69, 9.17) is 0 Å². The van der Waals surface area contributed by atoms with Gasteiger partial charge >= 0.3 is 0 Å². The molecule has 4 heterocycles. The van der Waals surface area contributed by atoms with Crippen LogP contribution in [-0.4, -0.2) is 56.0 Å². The molecule has 2 N–H and O–H groups in total. The van der Waals surface area contributed by atoms with E-state index in [-0.39, 0.29) is 0 Å². The molecule has 0 bridgehead atoms. The minimum atomic E-state index is 0.727. The summed E-state index contributed by atoms with van der Waals surface area (Å²) in [6.07, 6.45) is 8.19. The molecular formula is C13H16N8. The van der Waals surface area contributed by atoms with Crippen LogP contribution in [-0.2, 0) is 0 Å². The molecule has 0 unspecified atom stereocenters. The van der Waals surface area contributed by atoms with Crippen molar-refractivity contribution in [3.63, 3.8) is 0 Å². The first-order valence-corrected chi connectivity index (χ1v) is 7.07. The third-order valence-electron chi connectivity index (χ3n) is 3.68. The summed E-state index contributed by atoms with van der Waals surface area (Å²) < 4.78 is 1.78. The molecular weight excluding hydrogens is 268 g/mol. The molecule has 0 saturated carbocycles. The fourth-order valence-electron chi connectivity index (χ4n) is 2.58. The standard InChI is InChI=1S/C13H16N8/c1-2-14-3-6-20(5-1)13-17-12(18-19-13)10-8-16-21-7-4-15-9-11(10)21/h4,7-9,14H,1-3,5-6H2,(H,17,18,19). The van der Waals surface area contributed by atoms with Crippen molar-refractivity contribution in [3.8, 4) is 11.4 Å². The quantitative estimate of drug-likeness (QED) is 0.704. The van der Waals surface area contributed by atoms with Crippen molar-refractivity contribution in [2.45, 2.75) is 6.42 Å². The summed E-state index contributed by atoms with van der Waals surface area (Å²) in [4.78, 5) is 11.0. The van der Waals surface area contributed by atoms with Gasteiger partial charge in [0.2, 0.25) is 5.95 Å².